The highest BCUT2D eigenvalue weighted by Crippen LogP contribution is 2.14. The van der Waals surface area contributed by atoms with Gasteiger partial charge in [-0.15, -0.1) is 0 Å². The van der Waals surface area contributed by atoms with E-state index in [1.54, 1.807) is 5.82 Å². The number of rotatable bonds is 25. The van der Waals surface area contributed by atoms with Gasteiger partial charge in [0, 0.05) is 6.42 Å². The summed E-state index contributed by atoms with van der Waals surface area (Å²) in [4.78, 5) is 0. The molecule has 0 fully saturated rings. The lowest BCUT2D eigenvalue weighted by atomic mass is 10.0. The molecule has 0 saturated heterocycles. The van der Waals surface area contributed by atoms with E-state index >= 15 is 0 Å². The minimum atomic E-state index is 1.11. The maximum Gasteiger partial charge on any atom is 0.256 e. The molecule has 0 atom stereocenters. The van der Waals surface area contributed by atoms with Gasteiger partial charge in [0.25, 0.3) is 5.82 Å². The van der Waals surface area contributed by atoms with E-state index in [1.807, 2.05) is 0 Å². The lowest BCUT2D eigenvalue weighted by Crippen LogP contribution is -2.37. The highest BCUT2D eigenvalue weighted by atomic mass is 15.1. The molecule has 1 aromatic heterocycles. The molecular formula is C31H61N2+. The van der Waals surface area contributed by atoms with Gasteiger partial charge in [0.15, 0.2) is 0 Å². The van der Waals surface area contributed by atoms with Crippen molar-refractivity contribution in [3.63, 3.8) is 0 Å². The standard InChI is InChI=1S/C31H61N2/c1-4-7-9-11-13-15-16-17-18-19-21-23-25-27-31-32(6-3)29-30-33(31)28-26-24-22-20-14-12-10-8-5-2/h29-30H,4-28H2,1-3H3/q+1. The van der Waals surface area contributed by atoms with Gasteiger partial charge >= 0.3 is 0 Å². The van der Waals surface area contributed by atoms with Crippen LogP contribution in [0.1, 0.15) is 168 Å². The molecule has 33 heavy (non-hydrogen) atoms. The monoisotopic (exact) mass is 461 g/mol. The summed E-state index contributed by atoms with van der Waals surface area (Å²) < 4.78 is 5.04. The van der Waals surface area contributed by atoms with E-state index in [0.29, 0.717) is 0 Å². The van der Waals surface area contributed by atoms with Crippen LogP contribution in [0.2, 0.25) is 0 Å². The Hall–Kier alpha value is -0.790. The Kier molecular flexibility index (Phi) is 21.1. The van der Waals surface area contributed by atoms with Crippen LogP contribution in [-0.2, 0) is 19.5 Å². The van der Waals surface area contributed by atoms with Crippen LogP contribution in [0.3, 0.4) is 0 Å². The van der Waals surface area contributed by atoms with Crippen LogP contribution in [0.15, 0.2) is 12.4 Å². The molecule has 0 bridgehead atoms. The van der Waals surface area contributed by atoms with E-state index in [9.17, 15) is 0 Å². The molecule has 0 N–H and O–H groups in total. The normalized spacial score (nSPS) is 11.5. The van der Waals surface area contributed by atoms with Gasteiger partial charge < -0.3 is 0 Å². The van der Waals surface area contributed by atoms with Gasteiger partial charge in [-0.05, 0) is 26.2 Å². The Morgan fingerprint density at radius 1 is 0.515 bits per heavy atom. The molecule has 1 heterocycles. The Morgan fingerprint density at radius 3 is 1.33 bits per heavy atom. The van der Waals surface area contributed by atoms with Crippen molar-refractivity contribution in [1.82, 2.24) is 4.57 Å². The first-order chi connectivity index (χ1) is 16.3. The van der Waals surface area contributed by atoms with Crippen LogP contribution in [0, 0.1) is 0 Å². The second kappa shape index (κ2) is 23.0. The zero-order valence-electron chi connectivity index (χ0n) is 23.2. The molecule has 1 rings (SSSR count). The van der Waals surface area contributed by atoms with Crippen molar-refractivity contribution in [1.29, 1.82) is 0 Å². The average Bonchev–Trinajstić information content (AvgIpc) is 3.22. The topological polar surface area (TPSA) is 8.81 Å². The molecule has 194 valence electrons. The summed E-state index contributed by atoms with van der Waals surface area (Å²) in [5, 5.41) is 0. The van der Waals surface area contributed by atoms with Gasteiger partial charge in [-0.25, -0.2) is 9.13 Å². The Bertz CT molecular complexity index is 519. The van der Waals surface area contributed by atoms with E-state index in [-0.39, 0.29) is 0 Å². The Labute approximate surface area is 208 Å². The number of aryl methyl sites for hydroxylation is 2. The number of imidazole rings is 1. The van der Waals surface area contributed by atoms with Crippen molar-refractivity contribution in [2.24, 2.45) is 0 Å². The minimum Gasteiger partial charge on any atom is -0.235 e. The summed E-state index contributed by atoms with van der Waals surface area (Å²) in [7, 11) is 0. The number of hydrogen-bond acceptors (Lipinski definition) is 0. The van der Waals surface area contributed by atoms with E-state index in [0.717, 1.165) is 6.54 Å². The quantitative estimate of drug-likeness (QED) is 0.101. The highest BCUT2D eigenvalue weighted by molar-refractivity contribution is 4.83. The average molecular weight is 462 g/mol. The maximum atomic E-state index is 2.56. The molecule has 0 aliphatic rings. The van der Waals surface area contributed by atoms with Gasteiger partial charge in [0.2, 0.25) is 0 Å². The third kappa shape index (κ3) is 16.5. The summed E-state index contributed by atoms with van der Waals surface area (Å²) in [6.07, 6.45) is 37.3. The molecule has 0 unspecified atom stereocenters. The van der Waals surface area contributed by atoms with Crippen LogP contribution in [0.4, 0.5) is 0 Å². The van der Waals surface area contributed by atoms with E-state index in [2.05, 4.69) is 42.3 Å². The third-order valence-electron chi connectivity index (χ3n) is 7.44. The lowest BCUT2D eigenvalue weighted by molar-refractivity contribution is -0.704. The fourth-order valence-electron chi connectivity index (χ4n) is 5.17. The summed E-state index contributed by atoms with van der Waals surface area (Å²) in [5.41, 5.74) is 0. The predicted octanol–water partition coefficient (Wildman–Crippen LogP) is 9.96. The van der Waals surface area contributed by atoms with Gasteiger partial charge in [-0.2, -0.15) is 0 Å². The molecule has 1 aromatic rings. The van der Waals surface area contributed by atoms with Crippen LogP contribution >= 0.6 is 0 Å². The fourth-order valence-corrected chi connectivity index (χ4v) is 5.17. The third-order valence-corrected chi connectivity index (χ3v) is 7.44. The van der Waals surface area contributed by atoms with Gasteiger partial charge in [-0.3, -0.25) is 0 Å². The first-order valence-electron chi connectivity index (χ1n) is 15.4. The summed E-state index contributed by atoms with van der Waals surface area (Å²) in [6.45, 7) is 9.22. The summed E-state index contributed by atoms with van der Waals surface area (Å²) in [5.74, 6) is 1.57. The smallest absolute Gasteiger partial charge is 0.235 e. The second-order valence-corrected chi connectivity index (χ2v) is 10.5. The summed E-state index contributed by atoms with van der Waals surface area (Å²) >= 11 is 0. The van der Waals surface area contributed by atoms with Crippen molar-refractivity contribution in [2.75, 3.05) is 0 Å². The number of hydrogen-bond donors (Lipinski definition) is 0. The number of aromatic nitrogens is 2. The van der Waals surface area contributed by atoms with Crippen molar-refractivity contribution in [3.8, 4) is 0 Å². The maximum absolute atomic E-state index is 2.56. The van der Waals surface area contributed by atoms with Crippen LogP contribution in [0.5, 0.6) is 0 Å². The van der Waals surface area contributed by atoms with E-state index in [1.165, 1.54) is 154 Å². The minimum absolute atomic E-state index is 1.11. The van der Waals surface area contributed by atoms with Crippen molar-refractivity contribution in [2.45, 2.75) is 182 Å². The van der Waals surface area contributed by atoms with Gasteiger partial charge in [0.05, 0.1) is 13.1 Å². The van der Waals surface area contributed by atoms with Crippen molar-refractivity contribution in [3.05, 3.63) is 18.2 Å². The molecule has 2 heteroatoms. The molecule has 0 aromatic carbocycles. The molecule has 0 saturated carbocycles. The predicted molar refractivity (Wildman–Crippen MR) is 147 cm³/mol. The van der Waals surface area contributed by atoms with Gasteiger partial charge in [-0.1, -0.05) is 136 Å². The van der Waals surface area contributed by atoms with Crippen LogP contribution in [-0.4, -0.2) is 4.57 Å². The van der Waals surface area contributed by atoms with Crippen LogP contribution < -0.4 is 4.57 Å². The molecule has 0 spiro atoms. The Balaban J connectivity index is 2.05. The molecular weight excluding hydrogens is 400 g/mol. The molecule has 0 aliphatic heterocycles. The zero-order chi connectivity index (χ0) is 23.8. The van der Waals surface area contributed by atoms with Crippen molar-refractivity contribution < 1.29 is 4.57 Å². The molecule has 0 amide bonds. The highest BCUT2D eigenvalue weighted by Gasteiger charge is 2.15. The zero-order valence-corrected chi connectivity index (χ0v) is 23.2. The summed E-state index contributed by atoms with van der Waals surface area (Å²) in [6, 6.07) is 0. The van der Waals surface area contributed by atoms with Crippen molar-refractivity contribution >= 4 is 0 Å². The molecule has 0 radical (unpaired) electrons. The van der Waals surface area contributed by atoms with E-state index in [4.69, 9.17) is 0 Å². The van der Waals surface area contributed by atoms with Crippen LogP contribution in [0.25, 0.3) is 0 Å². The molecule has 0 aliphatic carbocycles. The first-order valence-corrected chi connectivity index (χ1v) is 15.4. The largest absolute Gasteiger partial charge is 0.256 e. The fraction of sp³-hybridized carbons (Fsp3) is 0.903. The first kappa shape index (κ1) is 30.2. The molecule has 2 nitrogen and oxygen atoms in total. The van der Waals surface area contributed by atoms with E-state index < -0.39 is 0 Å². The number of unbranched alkanes of at least 4 members (excludes halogenated alkanes) is 20. The Morgan fingerprint density at radius 2 is 0.909 bits per heavy atom. The number of nitrogens with zero attached hydrogens (tertiary/aromatic N) is 2. The lowest BCUT2D eigenvalue weighted by Gasteiger charge is -2.06. The SMILES string of the molecule is CCCCCCCCCCCCCCCc1n(CC)cc[n+]1CCCCCCCCCCC. The second-order valence-electron chi connectivity index (χ2n) is 10.5. The van der Waals surface area contributed by atoms with Gasteiger partial charge in [0.1, 0.15) is 12.4 Å².